The van der Waals surface area contributed by atoms with Gasteiger partial charge in [-0.05, 0) is 62.8 Å². The molecule has 1 aromatic heterocycles. The van der Waals surface area contributed by atoms with Crippen molar-refractivity contribution in [1.29, 1.82) is 0 Å². The molecule has 1 saturated carbocycles. The van der Waals surface area contributed by atoms with Crippen molar-refractivity contribution in [2.75, 3.05) is 25.4 Å². The van der Waals surface area contributed by atoms with Gasteiger partial charge in [0.15, 0.2) is 0 Å². The van der Waals surface area contributed by atoms with Gasteiger partial charge in [-0.25, -0.2) is 13.4 Å². The number of aliphatic hydroxyl groups excluding tert-OH is 2. The Morgan fingerprint density at radius 2 is 1.90 bits per heavy atom. The number of carbonyl (C=O) groups is 1. The van der Waals surface area contributed by atoms with Crippen LogP contribution in [0.5, 0.6) is 0 Å². The fourth-order valence-electron chi connectivity index (χ4n) is 5.38. The summed E-state index contributed by atoms with van der Waals surface area (Å²) in [5.74, 6) is -0.785. The van der Waals surface area contributed by atoms with Gasteiger partial charge in [0.1, 0.15) is 16.3 Å². The molecule has 3 atom stereocenters. The Bertz CT molecular complexity index is 1330. The van der Waals surface area contributed by atoms with Crippen molar-refractivity contribution in [3.8, 4) is 0 Å². The summed E-state index contributed by atoms with van der Waals surface area (Å²) in [6.07, 6.45) is 11.3. The number of hydrogen-bond acceptors (Lipinski definition) is 8. The normalized spacial score (nSPS) is 21.9. The monoisotopic (exact) mass is 617 g/mol. The number of carbonyl (C=O) groups excluding carboxylic acids is 1. The molecule has 4 N–H and O–H groups in total. The van der Waals surface area contributed by atoms with Crippen LogP contribution in [0, 0.1) is 5.41 Å². The van der Waals surface area contributed by atoms with E-state index in [1.54, 1.807) is 18.2 Å². The van der Waals surface area contributed by atoms with Gasteiger partial charge in [0, 0.05) is 30.8 Å². The number of nitrogens with one attached hydrogen (secondary N) is 2. The lowest BCUT2D eigenvalue weighted by Crippen LogP contribution is -2.48. The first-order valence-corrected chi connectivity index (χ1v) is 16.5. The molecule has 1 heterocycles. The predicted molar refractivity (Wildman–Crippen MR) is 162 cm³/mol. The van der Waals surface area contributed by atoms with Crippen LogP contribution < -0.4 is 10.0 Å². The van der Waals surface area contributed by atoms with Gasteiger partial charge < -0.3 is 20.3 Å². The number of nitrogens with zero attached hydrogens (tertiary/aromatic N) is 1. The summed E-state index contributed by atoms with van der Waals surface area (Å²) in [4.78, 5) is 18.0. The highest BCUT2D eigenvalue weighted by Crippen LogP contribution is 2.43. The van der Waals surface area contributed by atoms with E-state index in [2.05, 4.69) is 15.0 Å². The molecule has 1 fully saturated rings. The molecule has 0 saturated heterocycles. The highest BCUT2D eigenvalue weighted by molar-refractivity contribution is 7.90. The van der Waals surface area contributed by atoms with Crippen molar-refractivity contribution in [2.24, 2.45) is 5.41 Å². The topological polar surface area (TPSA) is 138 Å². The van der Waals surface area contributed by atoms with Crippen LogP contribution in [-0.2, 0) is 19.6 Å². The molecule has 0 spiro atoms. The maximum Gasteiger partial charge on any atom is 0.251 e. The van der Waals surface area contributed by atoms with E-state index in [9.17, 15) is 18.3 Å². The Hall–Kier alpha value is -2.76. The molecule has 9 nitrogen and oxygen atoms in total. The molecule has 0 aliphatic heterocycles. The quantitative estimate of drug-likeness (QED) is 0.141. The van der Waals surface area contributed by atoms with Gasteiger partial charge in [-0.2, -0.15) is 0 Å². The van der Waals surface area contributed by atoms with Gasteiger partial charge in [-0.3, -0.25) is 9.52 Å². The smallest absolute Gasteiger partial charge is 0.251 e. The van der Waals surface area contributed by atoms with Crippen LogP contribution in [0.15, 0.2) is 72.6 Å². The third-order valence-corrected chi connectivity index (χ3v) is 9.33. The number of aromatic nitrogens is 1. The highest BCUT2D eigenvalue weighted by atomic mass is 35.5. The molecule has 42 heavy (non-hydrogen) atoms. The lowest BCUT2D eigenvalue weighted by Gasteiger charge is -2.38. The third-order valence-electron chi connectivity index (χ3n) is 7.78. The zero-order chi connectivity index (χ0) is 30.0. The van der Waals surface area contributed by atoms with E-state index in [4.69, 9.17) is 21.4 Å². The van der Waals surface area contributed by atoms with Crippen LogP contribution in [0.4, 0.5) is 0 Å². The summed E-state index contributed by atoms with van der Waals surface area (Å²) in [6, 6.07) is 13.1. The molecule has 228 valence electrons. The predicted octanol–water partition coefficient (Wildman–Crippen LogP) is 4.15. The van der Waals surface area contributed by atoms with Crippen LogP contribution in [0.25, 0.3) is 0 Å². The third kappa shape index (κ3) is 8.64. The zero-order valence-electron chi connectivity index (χ0n) is 23.6. The molecule has 0 bridgehead atoms. The summed E-state index contributed by atoms with van der Waals surface area (Å²) in [6.45, 7) is 0.173. The van der Waals surface area contributed by atoms with Crippen molar-refractivity contribution in [3.63, 3.8) is 0 Å². The van der Waals surface area contributed by atoms with Gasteiger partial charge in [0.05, 0.1) is 18.0 Å². The SMILES string of the molecule is O=C(NS(=O)(=O)CCCO)C1(CCNC[C@H](O)c2ccc(Cl)nc2)C=CC(c2ccccc2)C=C1OC1CCCCC1. The van der Waals surface area contributed by atoms with Crippen LogP contribution in [0.1, 0.15) is 68.1 Å². The number of ether oxygens (including phenoxy) is 1. The Kier molecular flexibility index (Phi) is 11.6. The minimum atomic E-state index is -3.99. The summed E-state index contributed by atoms with van der Waals surface area (Å²) in [5, 5.41) is 23.3. The molecule has 1 aromatic carbocycles. The molecule has 11 heteroatoms. The number of benzene rings is 1. The van der Waals surface area contributed by atoms with Crippen molar-refractivity contribution >= 4 is 27.5 Å². The fourth-order valence-corrected chi connectivity index (χ4v) is 6.57. The molecular weight excluding hydrogens is 578 g/mol. The Balaban J connectivity index is 1.60. The maximum atomic E-state index is 14.0. The second-order valence-electron chi connectivity index (χ2n) is 10.9. The van der Waals surface area contributed by atoms with E-state index in [1.807, 2.05) is 42.5 Å². The van der Waals surface area contributed by atoms with Crippen LogP contribution in [0.2, 0.25) is 5.15 Å². The number of rotatable bonds is 14. The minimum Gasteiger partial charge on any atom is -0.494 e. The zero-order valence-corrected chi connectivity index (χ0v) is 25.2. The number of amides is 1. The number of pyridine rings is 1. The molecule has 2 aromatic rings. The number of sulfonamides is 1. The van der Waals surface area contributed by atoms with E-state index in [0.717, 1.165) is 37.7 Å². The van der Waals surface area contributed by atoms with Gasteiger partial charge >= 0.3 is 0 Å². The van der Waals surface area contributed by atoms with E-state index in [-0.39, 0.29) is 50.3 Å². The first-order valence-electron chi connectivity index (χ1n) is 14.5. The molecule has 2 aliphatic rings. The standard InChI is InChI=1S/C31H40ClN3O6S/c32-29-13-12-25(21-34-29)27(37)22-33-17-16-31(30(38)35-42(39,40)19-7-18-36)15-14-24(23-8-3-1-4-9-23)20-28(31)41-26-10-5-2-6-11-26/h1,3-4,8-9,12-15,20-21,24,26-27,33,36-37H,2,5-7,10-11,16-19,22H2,(H,35,38)/t24?,27-,31?/m0/s1. The molecule has 0 radical (unpaired) electrons. The second kappa shape index (κ2) is 15.1. The summed E-state index contributed by atoms with van der Waals surface area (Å²) in [7, 11) is -3.99. The van der Waals surface area contributed by atoms with Gasteiger partial charge in [-0.15, -0.1) is 0 Å². The average Bonchev–Trinajstić information content (AvgIpc) is 3.00. The molecule has 1 amide bonds. The van der Waals surface area contributed by atoms with Crippen molar-refractivity contribution in [2.45, 2.75) is 63.1 Å². The fraction of sp³-hybridized carbons (Fsp3) is 0.484. The van der Waals surface area contributed by atoms with E-state index >= 15 is 0 Å². The first-order chi connectivity index (χ1) is 20.2. The minimum absolute atomic E-state index is 0.0157. The van der Waals surface area contributed by atoms with Crippen LogP contribution >= 0.6 is 11.6 Å². The van der Waals surface area contributed by atoms with Crippen LogP contribution in [0.3, 0.4) is 0 Å². The summed E-state index contributed by atoms with van der Waals surface area (Å²) in [5.41, 5.74) is 0.231. The van der Waals surface area contributed by atoms with Gasteiger partial charge in [0.25, 0.3) is 5.91 Å². The molecule has 2 aliphatic carbocycles. The van der Waals surface area contributed by atoms with Gasteiger partial charge in [0.2, 0.25) is 10.0 Å². The number of hydrogen-bond donors (Lipinski definition) is 4. The summed E-state index contributed by atoms with van der Waals surface area (Å²) >= 11 is 5.86. The maximum absolute atomic E-state index is 14.0. The molecule has 4 rings (SSSR count). The largest absolute Gasteiger partial charge is 0.494 e. The molecule has 2 unspecified atom stereocenters. The number of aliphatic hydroxyl groups is 2. The Morgan fingerprint density at radius 1 is 1.14 bits per heavy atom. The highest BCUT2D eigenvalue weighted by Gasteiger charge is 2.45. The Morgan fingerprint density at radius 3 is 2.60 bits per heavy atom. The van der Waals surface area contributed by atoms with Crippen molar-refractivity contribution in [1.82, 2.24) is 15.0 Å². The van der Waals surface area contributed by atoms with E-state index in [0.29, 0.717) is 16.5 Å². The van der Waals surface area contributed by atoms with E-state index in [1.165, 1.54) is 6.20 Å². The second-order valence-corrected chi connectivity index (χ2v) is 13.1. The van der Waals surface area contributed by atoms with Gasteiger partial charge in [-0.1, -0.05) is 66.6 Å². The molecular formula is C31H40ClN3O6S. The lowest BCUT2D eigenvalue weighted by atomic mass is 9.75. The number of allylic oxidation sites excluding steroid dienone is 2. The Labute approximate surface area is 253 Å². The number of halogens is 1. The van der Waals surface area contributed by atoms with Crippen molar-refractivity contribution in [3.05, 3.63) is 88.9 Å². The van der Waals surface area contributed by atoms with E-state index < -0.39 is 27.4 Å². The summed E-state index contributed by atoms with van der Waals surface area (Å²) < 4.78 is 34.4. The van der Waals surface area contributed by atoms with Crippen molar-refractivity contribution < 1.29 is 28.2 Å². The van der Waals surface area contributed by atoms with Crippen LogP contribution in [-0.4, -0.2) is 61.1 Å². The lowest BCUT2D eigenvalue weighted by molar-refractivity contribution is -0.128. The first kappa shape index (κ1) is 32.2. The average molecular weight is 618 g/mol.